The van der Waals surface area contributed by atoms with Crippen LogP contribution < -0.4 is 10.1 Å². The first kappa shape index (κ1) is 17.3. The standard InChI is InChI=1S/C18H24N2O3/c1-14(11-15-5-3-4-6-16(15)22-2)12-17(21)20-18(13-19)7-9-23-10-8-18/h3-6,14H,7-12H2,1-2H3,(H,20,21)/t14-/m1/s1. The fraction of sp³-hybridized carbons (Fsp3) is 0.556. The molecule has 5 nitrogen and oxygen atoms in total. The van der Waals surface area contributed by atoms with Gasteiger partial charge >= 0.3 is 0 Å². The zero-order chi connectivity index (χ0) is 16.7. The normalized spacial score (nSPS) is 17.8. The number of hydrogen-bond acceptors (Lipinski definition) is 4. The van der Waals surface area contributed by atoms with E-state index in [-0.39, 0.29) is 11.8 Å². The lowest BCUT2D eigenvalue weighted by Gasteiger charge is -2.31. The van der Waals surface area contributed by atoms with Gasteiger partial charge in [0.1, 0.15) is 11.3 Å². The van der Waals surface area contributed by atoms with Gasteiger partial charge in [-0.25, -0.2) is 0 Å². The first-order chi connectivity index (χ1) is 11.1. The maximum atomic E-state index is 12.3. The van der Waals surface area contributed by atoms with E-state index < -0.39 is 5.54 Å². The summed E-state index contributed by atoms with van der Waals surface area (Å²) in [5, 5.41) is 12.3. The van der Waals surface area contributed by atoms with Gasteiger partial charge in [0.2, 0.25) is 5.91 Å². The molecule has 0 aliphatic carbocycles. The highest BCUT2D eigenvalue weighted by Gasteiger charge is 2.34. The van der Waals surface area contributed by atoms with Gasteiger partial charge in [0.05, 0.1) is 13.2 Å². The molecule has 5 heteroatoms. The van der Waals surface area contributed by atoms with Crippen molar-refractivity contribution in [3.8, 4) is 11.8 Å². The van der Waals surface area contributed by atoms with E-state index in [4.69, 9.17) is 9.47 Å². The monoisotopic (exact) mass is 316 g/mol. The number of nitrogens with one attached hydrogen (secondary N) is 1. The fourth-order valence-corrected chi connectivity index (χ4v) is 2.94. The van der Waals surface area contributed by atoms with E-state index in [1.165, 1.54) is 0 Å². The number of nitriles is 1. The zero-order valence-corrected chi connectivity index (χ0v) is 13.8. The third-order valence-corrected chi connectivity index (χ3v) is 4.23. The number of methoxy groups -OCH3 is 1. The molecular weight excluding hydrogens is 292 g/mol. The average molecular weight is 316 g/mol. The predicted octanol–water partition coefficient (Wildman–Crippen LogP) is 2.45. The highest BCUT2D eigenvalue weighted by atomic mass is 16.5. The molecule has 1 N–H and O–H groups in total. The van der Waals surface area contributed by atoms with Crippen LogP contribution in [-0.4, -0.2) is 31.8 Å². The van der Waals surface area contributed by atoms with E-state index in [0.29, 0.717) is 32.5 Å². The van der Waals surface area contributed by atoms with Gasteiger partial charge in [-0.15, -0.1) is 0 Å². The van der Waals surface area contributed by atoms with Crippen molar-refractivity contribution in [3.63, 3.8) is 0 Å². The molecule has 1 heterocycles. The molecule has 0 aromatic heterocycles. The fourth-order valence-electron chi connectivity index (χ4n) is 2.94. The Morgan fingerprint density at radius 2 is 2.13 bits per heavy atom. The lowest BCUT2D eigenvalue weighted by Crippen LogP contribution is -2.51. The number of para-hydroxylation sites is 1. The Bertz CT molecular complexity index is 574. The Hall–Kier alpha value is -2.06. The minimum Gasteiger partial charge on any atom is -0.496 e. The van der Waals surface area contributed by atoms with Crippen LogP contribution >= 0.6 is 0 Å². The first-order valence-electron chi connectivity index (χ1n) is 8.00. The Labute approximate surface area is 137 Å². The van der Waals surface area contributed by atoms with Crippen molar-refractivity contribution in [1.29, 1.82) is 5.26 Å². The molecule has 0 unspecified atom stereocenters. The van der Waals surface area contributed by atoms with Crippen molar-refractivity contribution in [2.24, 2.45) is 5.92 Å². The van der Waals surface area contributed by atoms with Crippen LogP contribution in [0.2, 0.25) is 0 Å². The largest absolute Gasteiger partial charge is 0.496 e. The van der Waals surface area contributed by atoms with Gasteiger partial charge in [0, 0.05) is 32.5 Å². The quantitative estimate of drug-likeness (QED) is 0.875. The van der Waals surface area contributed by atoms with Gasteiger partial charge in [-0.3, -0.25) is 4.79 Å². The molecular formula is C18H24N2O3. The number of benzene rings is 1. The van der Waals surface area contributed by atoms with Crippen molar-refractivity contribution in [1.82, 2.24) is 5.32 Å². The number of nitrogens with zero attached hydrogens (tertiary/aromatic N) is 1. The highest BCUT2D eigenvalue weighted by Crippen LogP contribution is 2.23. The molecule has 124 valence electrons. The molecule has 1 aromatic rings. The minimum absolute atomic E-state index is 0.0733. The summed E-state index contributed by atoms with van der Waals surface area (Å²) in [5.41, 5.74) is 0.329. The lowest BCUT2D eigenvalue weighted by atomic mass is 9.90. The van der Waals surface area contributed by atoms with Crippen LogP contribution in [0.4, 0.5) is 0 Å². The molecule has 0 saturated carbocycles. The molecule has 23 heavy (non-hydrogen) atoms. The molecule has 1 aromatic carbocycles. The van der Waals surface area contributed by atoms with Crippen molar-refractivity contribution in [3.05, 3.63) is 29.8 Å². The highest BCUT2D eigenvalue weighted by molar-refractivity contribution is 5.77. The summed E-state index contributed by atoms with van der Waals surface area (Å²) in [6, 6.07) is 10.1. The van der Waals surface area contributed by atoms with E-state index >= 15 is 0 Å². The third-order valence-electron chi connectivity index (χ3n) is 4.23. The summed E-state index contributed by atoms with van der Waals surface area (Å²) >= 11 is 0. The van der Waals surface area contributed by atoms with Crippen molar-refractivity contribution in [2.75, 3.05) is 20.3 Å². The lowest BCUT2D eigenvalue weighted by molar-refractivity contribution is -0.124. The average Bonchev–Trinajstić information content (AvgIpc) is 2.56. The maximum absolute atomic E-state index is 12.3. The molecule has 0 radical (unpaired) electrons. The van der Waals surface area contributed by atoms with Gasteiger partial charge in [-0.05, 0) is 24.0 Å². The van der Waals surface area contributed by atoms with Gasteiger partial charge in [-0.2, -0.15) is 5.26 Å². The third kappa shape index (κ3) is 4.70. The van der Waals surface area contributed by atoms with Crippen molar-refractivity contribution < 1.29 is 14.3 Å². The Kier molecular flexibility index (Phi) is 6.00. The smallest absolute Gasteiger partial charge is 0.221 e. The van der Waals surface area contributed by atoms with Crippen LogP contribution in [0.5, 0.6) is 5.75 Å². The second-order valence-electron chi connectivity index (χ2n) is 6.18. The molecule has 0 spiro atoms. The summed E-state index contributed by atoms with van der Waals surface area (Å²) in [4.78, 5) is 12.3. The molecule has 1 aliphatic rings. The number of ether oxygens (including phenoxy) is 2. The van der Waals surface area contributed by atoms with Gasteiger partial charge in [0.15, 0.2) is 0 Å². The molecule has 1 fully saturated rings. The molecule has 1 amide bonds. The Balaban J connectivity index is 1.90. The van der Waals surface area contributed by atoms with Gasteiger partial charge in [-0.1, -0.05) is 25.1 Å². The summed E-state index contributed by atoms with van der Waals surface area (Å²) in [7, 11) is 1.65. The summed E-state index contributed by atoms with van der Waals surface area (Å²) in [6.07, 6.45) is 2.26. The van der Waals surface area contributed by atoms with Gasteiger partial charge < -0.3 is 14.8 Å². The SMILES string of the molecule is COc1ccccc1C[C@@H](C)CC(=O)NC1(C#N)CCOCC1. The van der Waals surface area contributed by atoms with Crippen LogP contribution in [0.3, 0.4) is 0 Å². The number of carbonyl (C=O) groups excluding carboxylic acids is 1. The van der Waals surface area contributed by atoms with Crippen LogP contribution in [0.1, 0.15) is 31.7 Å². The molecule has 2 rings (SSSR count). The maximum Gasteiger partial charge on any atom is 0.221 e. The van der Waals surface area contributed by atoms with E-state index in [2.05, 4.69) is 11.4 Å². The number of rotatable bonds is 6. The topological polar surface area (TPSA) is 71.3 Å². The Morgan fingerprint density at radius 3 is 2.78 bits per heavy atom. The van der Waals surface area contributed by atoms with Crippen molar-refractivity contribution in [2.45, 2.75) is 38.1 Å². The van der Waals surface area contributed by atoms with Crippen LogP contribution in [-0.2, 0) is 16.0 Å². The summed E-state index contributed by atoms with van der Waals surface area (Å²) in [6.45, 7) is 3.07. The summed E-state index contributed by atoms with van der Waals surface area (Å²) < 4.78 is 10.6. The molecule has 1 saturated heterocycles. The first-order valence-corrected chi connectivity index (χ1v) is 8.00. The van der Waals surface area contributed by atoms with Gasteiger partial charge in [0.25, 0.3) is 0 Å². The van der Waals surface area contributed by atoms with Crippen LogP contribution in [0.15, 0.2) is 24.3 Å². The predicted molar refractivity (Wildman–Crippen MR) is 87.0 cm³/mol. The second-order valence-corrected chi connectivity index (χ2v) is 6.18. The second kappa shape index (κ2) is 7.98. The molecule has 1 atom stereocenters. The zero-order valence-electron chi connectivity index (χ0n) is 13.8. The molecule has 1 aliphatic heterocycles. The van der Waals surface area contributed by atoms with Crippen LogP contribution in [0, 0.1) is 17.2 Å². The summed E-state index contributed by atoms with van der Waals surface area (Å²) in [5.74, 6) is 0.940. The number of carbonyl (C=O) groups is 1. The van der Waals surface area contributed by atoms with E-state index in [1.54, 1.807) is 7.11 Å². The van der Waals surface area contributed by atoms with E-state index in [9.17, 15) is 10.1 Å². The number of amides is 1. The Morgan fingerprint density at radius 1 is 1.43 bits per heavy atom. The van der Waals surface area contributed by atoms with Crippen LogP contribution in [0.25, 0.3) is 0 Å². The van der Waals surface area contributed by atoms with Crippen molar-refractivity contribution >= 4 is 5.91 Å². The van der Waals surface area contributed by atoms with E-state index in [1.807, 2.05) is 31.2 Å². The number of hydrogen-bond donors (Lipinski definition) is 1. The van der Waals surface area contributed by atoms with E-state index in [0.717, 1.165) is 17.7 Å². The molecule has 0 bridgehead atoms. The minimum atomic E-state index is -0.764.